The third kappa shape index (κ3) is 2.10. The van der Waals surface area contributed by atoms with Crippen molar-refractivity contribution in [3.8, 4) is 0 Å². The number of rotatable bonds is 4. The van der Waals surface area contributed by atoms with Crippen LogP contribution in [0.1, 0.15) is 31.4 Å². The van der Waals surface area contributed by atoms with Crippen molar-refractivity contribution >= 4 is 11.8 Å². The molecule has 0 atom stereocenters. The lowest BCUT2D eigenvalue weighted by Crippen LogP contribution is -2.25. The molecule has 2 aliphatic carbocycles. The van der Waals surface area contributed by atoms with Crippen molar-refractivity contribution < 1.29 is 0 Å². The molecule has 0 saturated heterocycles. The normalized spacial score (nSPS) is 20.1. The molecule has 1 aromatic heterocycles. The fourth-order valence-electron chi connectivity index (χ4n) is 2.37. The van der Waals surface area contributed by atoms with Crippen LogP contribution >= 0.6 is 0 Å². The van der Waals surface area contributed by atoms with Crippen LogP contribution in [-0.4, -0.2) is 16.0 Å². The first-order chi connectivity index (χ1) is 7.72. The van der Waals surface area contributed by atoms with Gasteiger partial charge in [-0.25, -0.2) is 4.98 Å². The van der Waals surface area contributed by atoms with Gasteiger partial charge in [0.05, 0.1) is 0 Å². The summed E-state index contributed by atoms with van der Waals surface area (Å²) in [6.45, 7) is 1.95. The number of nitrogens with zero attached hydrogens (tertiary/aromatic N) is 2. The van der Waals surface area contributed by atoms with Gasteiger partial charge in [-0.3, -0.25) is 0 Å². The van der Waals surface area contributed by atoms with E-state index in [-0.39, 0.29) is 0 Å². The zero-order valence-electron chi connectivity index (χ0n) is 9.61. The summed E-state index contributed by atoms with van der Waals surface area (Å²) >= 11 is 0. The van der Waals surface area contributed by atoms with Gasteiger partial charge in [-0.2, -0.15) is 4.98 Å². The molecule has 0 radical (unpaired) electrons. The van der Waals surface area contributed by atoms with Crippen LogP contribution in [0.15, 0.2) is 6.07 Å². The molecule has 86 valence electrons. The summed E-state index contributed by atoms with van der Waals surface area (Å²) in [5.74, 6) is 3.00. The van der Waals surface area contributed by atoms with E-state index in [0.29, 0.717) is 12.0 Å². The predicted octanol–water partition coefficient (Wildman–Crippen LogP) is 1.97. The van der Waals surface area contributed by atoms with Crippen molar-refractivity contribution in [3.63, 3.8) is 0 Å². The van der Waals surface area contributed by atoms with Gasteiger partial charge in [0.2, 0.25) is 5.95 Å². The van der Waals surface area contributed by atoms with Gasteiger partial charge < -0.3 is 11.1 Å². The molecular weight excluding hydrogens is 200 g/mol. The lowest BCUT2D eigenvalue weighted by molar-refractivity contribution is 0.565. The van der Waals surface area contributed by atoms with Crippen molar-refractivity contribution in [2.45, 2.75) is 38.6 Å². The molecule has 3 N–H and O–H groups in total. The Bertz CT molecular complexity index is 364. The van der Waals surface area contributed by atoms with Crippen molar-refractivity contribution in [2.75, 3.05) is 11.1 Å². The number of anilines is 2. The quantitative estimate of drug-likeness (QED) is 0.811. The fourth-order valence-corrected chi connectivity index (χ4v) is 2.37. The Morgan fingerprint density at radius 3 is 2.38 bits per heavy atom. The third-order valence-electron chi connectivity index (χ3n) is 3.45. The van der Waals surface area contributed by atoms with Gasteiger partial charge in [0.1, 0.15) is 5.82 Å². The minimum atomic E-state index is 0.368. The highest BCUT2D eigenvalue weighted by atomic mass is 15.1. The molecule has 4 heteroatoms. The number of hydrogen-bond donors (Lipinski definition) is 2. The molecule has 0 unspecified atom stereocenters. The summed E-state index contributed by atoms with van der Waals surface area (Å²) in [7, 11) is 0. The molecule has 2 saturated carbocycles. The van der Waals surface area contributed by atoms with Gasteiger partial charge in [0.25, 0.3) is 0 Å². The van der Waals surface area contributed by atoms with Crippen molar-refractivity contribution in [2.24, 2.45) is 11.8 Å². The van der Waals surface area contributed by atoms with Crippen molar-refractivity contribution in [3.05, 3.63) is 11.8 Å². The molecule has 2 fully saturated rings. The zero-order valence-corrected chi connectivity index (χ0v) is 9.61. The summed E-state index contributed by atoms with van der Waals surface area (Å²) in [6, 6.07) is 2.60. The van der Waals surface area contributed by atoms with Gasteiger partial charge in [-0.05, 0) is 44.4 Å². The minimum Gasteiger partial charge on any atom is -0.368 e. The van der Waals surface area contributed by atoms with Crippen LogP contribution in [0.4, 0.5) is 11.8 Å². The Morgan fingerprint density at radius 2 is 1.88 bits per heavy atom. The van der Waals surface area contributed by atoms with Crippen LogP contribution < -0.4 is 11.1 Å². The minimum absolute atomic E-state index is 0.368. The topological polar surface area (TPSA) is 63.8 Å². The highest BCUT2D eigenvalue weighted by Gasteiger charge is 2.41. The van der Waals surface area contributed by atoms with Crippen LogP contribution in [0.5, 0.6) is 0 Å². The SMILES string of the molecule is Cc1cc(NC(C2CC2)C2CC2)nc(N)n1. The van der Waals surface area contributed by atoms with E-state index in [4.69, 9.17) is 5.73 Å². The Morgan fingerprint density at radius 1 is 1.25 bits per heavy atom. The second-order valence-corrected chi connectivity index (χ2v) is 5.10. The number of nitrogens with one attached hydrogen (secondary N) is 1. The smallest absolute Gasteiger partial charge is 0.222 e. The standard InChI is InChI=1S/C12H18N4/c1-7-6-10(16-12(13)14-7)15-11(8-2-3-8)9-4-5-9/h6,8-9,11H,2-5H2,1H3,(H3,13,14,15,16). The van der Waals surface area contributed by atoms with Crippen LogP contribution in [0.3, 0.4) is 0 Å². The highest BCUT2D eigenvalue weighted by molar-refractivity contribution is 5.42. The predicted molar refractivity (Wildman–Crippen MR) is 64.0 cm³/mol. The van der Waals surface area contributed by atoms with Gasteiger partial charge in [0.15, 0.2) is 0 Å². The molecule has 0 aliphatic heterocycles. The molecule has 0 bridgehead atoms. The van der Waals surface area contributed by atoms with Gasteiger partial charge in [-0.1, -0.05) is 0 Å². The van der Waals surface area contributed by atoms with Gasteiger partial charge in [-0.15, -0.1) is 0 Å². The van der Waals surface area contributed by atoms with Crippen LogP contribution in [0, 0.1) is 18.8 Å². The fraction of sp³-hybridized carbons (Fsp3) is 0.667. The van der Waals surface area contributed by atoms with Gasteiger partial charge in [0, 0.05) is 17.8 Å². The summed E-state index contributed by atoms with van der Waals surface area (Å²) in [4.78, 5) is 8.34. The summed E-state index contributed by atoms with van der Waals surface area (Å²) in [5.41, 5.74) is 6.59. The molecule has 3 rings (SSSR count). The second-order valence-electron chi connectivity index (χ2n) is 5.10. The third-order valence-corrected chi connectivity index (χ3v) is 3.45. The number of nitrogens with two attached hydrogens (primary N) is 1. The first-order valence-corrected chi connectivity index (χ1v) is 6.10. The summed E-state index contributed by atoms with van der Waals surface area (Å²) in [5, 5.41) is 3.55. The number of nitrogen functional groups attached to an aromatic ring is 1. The molecule has 0 spiro atoms. The van der Waals surface area contributed by atoms with E-state index in [0.717, 1.165) is 23.3 Å². The lowest BCUT2D eigenvalue weighted by atomic mass is 10.1. The molecule has 0 aromatic carbocycles. The number of aryl methyl sites for hydroxylation is 1. The maximum Gasteiger partial charge on any atom is 0.222 e. The monoisotopic (exact) mass is 218 g/mol. The Hall–Kier alpha value is -1.32. The first kappa shape index (κ1) is 9.87. The molecule has 16 heavy (non-hydrogen) atoms. The van der Waals surface area contributed by atoms with Crippen LogP contribution in [0.25, 0.3) is 0 Å². The Balaban J connectivity index is 1.75. The maximum atomic E-state index is 5.66. The van der Waals surface area contributed by atoms with E-state index in [1.807, 2.05) is 13.0 Å². The largest absolute Gasteiger partial charge is 0.368 e. The molecule has 4 nitrogen and oxygen atoms in total. The lowest BCUT2D eigenvalue weighted by Gasteiger charge is -2.18. The van der Waals surface area contributed by atoms with Crippen LogP contribution in [-0.2, 0) is 0 Å². The molecular formula is C12H18N4. The molecule has 2 aliphatic rings. The van der Waals surface area contributed by atoms with Gasteiger partial charge >= 0.3 is 0 Å². The molecule has 1 heterocycles. The number of aromatic nitrogens is 2. The Kier molecular flexibility index (Phi) is 2.23. The summed E-state index contributed by atoms with van der Waals surface area (Å²) in [6.07, 6.45) is 5.48. The maximum absolute atomic E-state index is 5.66. The molecule has 1 aromatic rings. The van der Waals surface area contributed by atoms with E-state index in [9.17, 15) is 0 Å². The van der Waals surface area contributed by atoms with E-state index in [2.05, 4.69) is 15.3 Å². The second kappa shape index (κ2) is 3.61. The molecule has 0 amide bonds. The highest BCUT2D eigenvalue weighted by Crippen LogP contribution is 2.45. The zero-order chi connectivity index (χ0) is 11.1. The van der Waals surface area contributed by atoms with E-state index in [1.54, 1.807) is 0 Å². The van der Waals surface area contributed by atoms with Crippen molar-refractivity contribution in [1.29, 1.82) is 0 Å². The average molecular weight is 218 g/mol. The summed E-state index contributed by atoms with van der Waals surface area (Å²) < 4.78 is 0. The van der Waals surface area contributed by atoms with E-state index < -0.39 is 0 Å². The van der Waals surface area contributed by atoms with E-state index >= 15 is 0 Å². The first-order valence-electron chi connectivity index (χ1n) is 6.10. The van der Waals surface area contributed by atoms with Crippen LogP contribution in [0.2, 0.25) is 0 Å². The average Bonchev–Trinajstić information content (AvgIpc) is 3.07. The number of hydrogen-bond acceptors (Lipinski definition) is 4. The van der Waals surface area contributed by atoms with E-state index in [1.165, 1.54) is 25.7 Å². The Labute approximate surface area is 95.7 Å². The van der Waals surface area contributed by atoms with Crippen molar-refractivity contribution in [1.82, 2.24) is 9.97 Å².